The van der Waals surface area contributed by atoms with E-state index in [0.717, 1.165) is 11.1 Å². The number of aryl methyl sites for hydroxylation is 2. The number of benzene rings is 1. The van der Waals surface area contributed by atoms with Gasteiger partial charge in [-0.15, -0.1) is 5.10 Å². The van der Waals surface area contributed by atoms with Crippen LogP contribution in [0.2, 0.25) is 0 Å². The molecule has 4 aromatic rings. The van der Waals surface area contributed by atoms with Gasteiger partial charge in [-0.1, -0.05) is 18.2 Å². The second-order valence-corrected chi connectivity index (χ2v) is 7.70. The van der Waals surface area contributed by atoms with Crippen LogP contribution in [0.25, 0.3) is 11.5 Å². The molecule has 0 aliphatic heterocycles. The lowest BCUT2D eigenvalue weighted by atomic mass is 10.2. The average Bonchev–Trinajstić information content (AvgIpc) is 3.56. The molecule has 10 heteroatoms. The van der Waals surface area contributed by atoms with Crippen molar-refractivity contribution >= 4 is 5.97 Å². The summed E-state index contributed by atoms with van der Waals surface area (Å²) >= 11 is 0. The zero-order chi connectivity index (χ0) is 24.6. The van der Waals surface area contributed by atoms with Gasteiger partial charge in [-0.3, -0.25) is 9.48 Å². The van der Waals surface area contributed by atoms with Crippen LogP contribution in [-0.2, 0) is 29.1 Å². The van der Waals surface area contributed by atoms with Crippen LogP contribution in [0, 0.1) is 6.92 Å². The summed E-state index contributed by atoms with van der Waals surface area (Å²) in [5.41, 5.74) is 2.41. The summed E-state index contributed by atoms with van der Waals surface area (Å²) in [7, 11) is 0. The normalized spacial score (nSPS) is 10.9. The maximum absolute atomic E-state index is 11.7. The molecule has 3 aromatic heterocycles. The molecule has 0 radical (unpaired) electrons. The molecule has 3 heterocycles. The molecule has 0 spiro atoms. The second kappa shape index (κ2) is 11.4. The average molecular weight is 481 g/mol. The molecule has 4 rings (SSSR count). The van der Waals surface area contributed by atoms with Crippen LogP contribution < -0.4 is 9.47 Å². The van der Waals surface area contributed by atoms with E-state index >= 15 is 0 Å². The van der Waals surface area contributed by atoms with Crippen molar-refractivity contribution in [3.8, 4) is 23.2 Å². The molecule has 10 nitrogen and oxygen atoms in total. The van der Waals surface area contributed by atoms with Gasteiger partial charge in [-0.2, -0.15) is 0 Å². The predicted molar refractivity (Wildman–Crippen MR) is 125 cm³/mol. The summed E-state index contributed by atoms with van der Waals surface area (Å²) in [6, 6.07) is 11.4. The van der Waals surface area contributed by atoms with E-state index in [9.17, 15) is 4.79 Å². The Morgan fingerprint density at radius 1 is 1.11 bits per heavy atom. The third-order valence-corrected chi connectivity index (χ3v) is 5.11. The van der Waals surface area contributed by atoms with Gasteiger partial charge in [-0.25, -0.2) is 4.98 Å². The Kier molecular flexibility index (Phi) is 7.81. The fourth-order valence-electron chi connectivity index (χ4n) is 3.43. The molecule has 0 atom stereocenters. The lowest BCUT2D eigenvalue weighted by Crippen LogP contribution is -2.05. The van der Waals surface area contributed by atoms with E-state index in [1.807, 2.05) is 50.4 Å². The van der Waals surface area contributed by atoms with E-state index in [4.69, 9.17) is 23.2 Å². The van der Waals surface area contributed by atoms with Crippen molar-refractivity contribution in [2.24, 2.45) is 0 Å². The Bertz CT molecular complexity index is 1240. The van der Waals surface area contributed by atoms with E-state index in [2.05, 4.69) is 15.2 Å². The van der Waals surface area contributed by atoms with Crippen LogP contribution in [0.15, 0.2) is 51.5 Å². The zero-order valence-electron chi connectivity index (χ0n) is 20.0. The Morgan fingerprint density at radius 2 is 1.94 bits per heavy atom. The largest absolute Gasteiger partial charge is 0.477 e. The van der Waals surface area contributed by atoms with Gasteiger partial charge in [-0.05, 0) is 44.5 Å². The Labute approximate surface area is 202 Å². The number of aromatic nitrogens is 4. The molecule has 184 valence electrons. The van der Waals surface area contributed by atoms with Gasteiger partial charge in [0.1, 0.15) is 24.6 Å². The first-order valence-electron chi connectivity index (χ1n) is 11.5. The highest BCUT2D eigenvalue weighted by atomic mass is 16.5. The molecule has 0 aliphatic carbocycles. The number of hydrogen-bond donors (Lipinski definition) is 0. The van der Waals surface area contributed by atoms with Crippen LogP contribution in [-0.4, -0.2) is 39.1 Å². The van der Waals surface area contributed by atoms with Crippen molar-refractivity contribution in [1.29, 1.82) is 0 Å². The van der Waals surface area contributed by atoms with Crippen LogP contribution in [0.4, 0.5) is 0 Å². The number of nitrogens with zero attached hydrogens (tertiary/aromatic N) is 4. The summed E-state index contributed by atoms with van der Waals surface area (Å²) in [5.74, 6) is 2.36. The smallest absolute Gasteiger partial charge is 0.306 e. The summed E-state index contributed by atoms with van der Waals surface area (Å²) in [6.45, 7) is 6.87. The first-order chi connectivity index (χ1) is 17.1. The molecular formula is C25H28N4O6. The van der Waals surface area contributed by atoms with Crippen molar-refractivity contribution in [3.05, 3.63) is 65.4 Å². The molecular weight excluding hydrogens is 452 g/mol. The molecule has 0 saturated carbocycles. The van der Waals surface area contributed by atoms with Gasteiger partial charge < -0.3 is 23.2 Å². The van der Waals surface area contributed by atoms with Gasteiger partial charge in [0.25, 0.3) is 5.88 Å². The molecule has 0 fully saturated rings. The lowest BCUT2D eigenvalue weighted by molar-refractivity contribution is -0.143. The third kappa shape index (κ3) is 6.28. The molecule has 0 saturated heterocycles. The summed E-state index contributed by atoms with van der Waals surface area (Å²) < 4.78 is 29.2. The highest BCUT2D eigenvalue weighted by Gasteiger charge is 2.16. The Hall–Kier alpha value is -4.08. The van der Waals surface area contributed by atoms with E-state index in [-0.39, 0.29) is 19.0 Å². The van der Waals surface area contributed by atoms with Crippen molar-refractivity contribution < 1.29 is 27.9 Å². The predicted octanol–water partition coefficient (Wildman–Crippen LogP) is 4.36. The monoisotopic (exact) mass is 480 g/mol. The Morgan fingerprint density at radius 3 is 2.71 bits per heavy atom. The fraction of sp³-hybridized carbons (Fsp3) is 0.360. The van der Waals surface area contributed by atoms with Crippen LogP contribution in [0.1, 0.15) is 43.0 Å². The van der Waals surface area contributed by atoms with Gasteiger partial charge in [0, 0.05) is 29.8 Å². The minimum absolute atomic E-state index is 0.197. The van der Waals surface area contributed by atoms with E-state index < -0.39 is 0 Å². The Balaban J connectivity index is 1.36. The minimum Gasteiger partial charge on any atom is -0.477 e. The number of oxazole rings is 1. The molecule has 1 aromatic carbocycles. The number of ether oxygens (including phenoxy) is 3. The number of hydrogen-bond acceptors (Lipinski definition) is 9. The van der Waals surface area contributed by atoms with Crippen molar-refractivity contribution in [2.75, 3.05) is 13.2 Å². The van der Waals surface area contributed by atoms with Crippen molar-refractivity contribution in [2.45, 2.75) is 46.8 Å². The van der Waals surface area contributed by atoms with Gasteiger partial charge in [0.2, 0.25) is 11.8 Å². The lowest BCUT2D eigenvalue weighted by Gasteiger charge is -2.02. The van der Waals surface area contributed by atoms with Crippen molar-refractivity contribution in [3.63, 3.8) is 0 Å². The van der Waals surface area contributed by atoms with Gasteiger partial charge >= 0.3 is 5.97 Å². The maximum Gasteiger partial charge on any atom is 0.306 e. The summed E-state index contributed by atoms with van der Waals surface area (Å²) in [6.07, 6.45) is 2.56. The van der Waals surface area contributed by atoms with E-state index in [1.54, 1.807) is 17.7 Å². The molecule has 0 aliphatic rings. The number of carbonyl (C=O) groups excluding carboxylic acids is 1. The molecule has 0 bridgehead atoms. The summed E-state index contributed by atoms with van der Waals surface area (Å²) in [4.78, 5) is 16.2. The summed E-state index contributed by atoms with van der Waals surface area (Å²) in [5, 5.41) is 8.43. The van der Waals surface area contributed by atoms with Crippen molar-refractivity contribution in [1.82, 2.24) is 19.9 Å². The van der Waals surface area contributed by atoms with E-state index in [1.165, 1.54) is 0 Å². The quantitative estimate of drug-likeness (QED) is 0.273. The number of esters is 1. The molecule has 0 unspecified atom stereocenters. The third-order valence-electron chi connectivity index (χ3n) is 5.11. The van der Waals surface area contributed by atoms with E-state index in [0.29, 0.717) is 61.0 Å². The molecule has 0 N–H and O–H groups in total. The first-order valence-corrected chi connectivity index (χ1v) is 11.5. The van der Waals surface area contributed by atoms with Crippen LogP contribution >= 0.6 is 0 Å². The molecule has 0 amide bonds. The first kappa shape index (κ1) is 24.1. The number of rotatable bonds is 12. The standard InChI is InChI=1S/C25H28N4O6/c1-4-31-23(30)12-11-19-14-29(27-25(19)32-5-2)15-20-13-22(28-35-20)33-16-21-17(3)34-24(26-21)18-9-7-6-8-10-18/h6-10,13-14H,4-5,11-12,15-16H2,1-3H3. The number of carbonyl (C=O) groups is 1. The molecule has 35 heavy (non-hydrogen) atoms. The van der Waals surface area contributed by atoms with Gasteiger partial charge in [0.05, 0.1) is 13.2 Å². The maximum atomic E-state index is 11.7. The second-order valence-electron chi connectivity index (χ2n) is 7.70. The fourth-order valence-corrected chi connectivity index (χ4v) is 3.43. The topological polar surface area (TPSA) is 115 Å². The highest BCUT2D eigenvalue weighted by Crippen LogP contribution is 2.23. The van der Waals surface area contributed by atoms with Gasteiger partial charge in [0.15, 0.2) is 5.76 Å². The van der Waals surface area contributed by atoms with Crippen LogP contribution in [0.5, 0.6) is 11.8 Å². The SMILES string of the molecule is CCOC(=O)CCc1cn(Cc2cc(OCc3nc(-c4ccccc4)oc3C)no2)nc1OCC. The minimum atomic E-state index is -0.252. The zero-order valence-corrected chi connectivity index (χ0v) is 20.0. The van der Waals surface area contributed by atoms with Crippen LogP contribution in [0.3, 0.4) is 0 Å². The highest BCUT2D eigenvalue weighted by molar-refractivity contribution is 5.69.